The van der Waals surface area contributed by atoms with Crippen LogP contribution in [0.2, 0.25) is 0 Å². The molecule has 0 aliphatic carbocycles. The molecule has 0 spiro atoms. The zero-order valence-corrected chi connectivity index (χ0v) is 14.0. The van der Waals surface area contributed by atoms with Gasteiger partial charge in [0.2, 0.25) is 0 Å². The average molecular weight is 398 g/mol. The lowest BCUT2D eigenvalue weighted by Gasteiger charge is -2.07. The van der Waals surface area contributed by atoms with E-state index in [0.717, 1.165) is 5.75 Å². The average Bonchev–Trinajstić information content (AvgIpc) is 2.49. The van der Waals surface area contributed by atoms with Crippen LogP contribution in [-0.2, 0) is 6.54 Å². The molecule has 0 radical (unpaired) electrons. The van der Waals surface area contributed by atoms with E-state index in [0.29, 0.717) is 21.4 Å². The second-order valence-electron chi connectivity index (χ2n) is 4.46. The first kappa shape index (κ1) is 15.7. The van der Waals surface area contributed by atoms with Gasteiger partial charge >= 0.3 is 0 Å². The van der Waals surface area contributed by atoms with Crippen LogP contribution in [-0.4, -0.2) is 21.9 Å². The highest BCUT2D eigenvalue weighted by atomic mass is 127. The Labute approximate surface area is 136 Å². The number of aromatic nitrogens is 2. The molecular weight excluding hydrogens is 383 g/mol. The maximum Gasteiger partial charge on any atom is 0.267 e. The van der Waals surface area contributed by atoms with Gasteiger partial charge in [-0.1, -0.05) is 0 Å². The van der Waals surface area contributed by atoms with Crippen molar-refractivity contribution in [2.24, 2.45) is 0 Å². The molecule has 0 N–H and O–H groups in total. The summed E-state index contributed by atoms with van der Waals surface area (Å²) in [6, 6.07) is 6.89. The highest BCUT2D eigenvalue weighted by Gasteiger charge is 2.11. The second-order valence-corrected chi connectivity index (χ2v) is 5.54. The largest absolute Gasteiger partial charge is 0.494 e. The number of hydrogen-bond acceptors (Lipinski definition) is 4. The van der Waals surface area contributed by atoms with Gasteiger partial charge in [-0.2, -0.15) is 0 Å². The molecule has 1 heterocycles. The van der Waals surface area contributed by atoms with E-state index in [1.54, 1.807) is 31.2 Å². The third-order valence-electron chi connectivity index (χ3n) is 2.96. The Kier molecular flexibility index (Phi) is 5.11. The van der Waals surface area contributed by atoms with E-state index >= 15 is 0 Å². The Morgan fingerprint density at radius 3 is 2.62 bits per heavy atom. The van der Waals surface area contributed by atoms with Gasteiger partial charge in [0.05, 0.1) is 28.7 Å². The van der Waals surface area contributed by atoms with Crippen molar-refractivity contribution in [3.05, 3.63) is 55.8 Å². The number of carbonyl (C=O) groups excluding carboxylic acids is 1. The molecule has 0 unspecified atom stereocenters. The smallest absolute Gasteiger partial charge is 0.267 e. The third kappa shape index (κ3) is 3.69. The first-order valence-electron chi connectivity index (χ1n) is 6.50. The number of carbonyl (C=O) groups is 1. The van der Waals surface area contributed by atoms with Crippen molar-refractivity contribution in [3.8, 4) is 5.75 Å². The van der Waals surface area contributed by atoms with Gasteiger partial charge in [-0.25, -0.2) is 4.98 Å². The maximum atomic E-state index is 12.2. The number of ether oxygens (including phenoxy) is 1. The zero-order chi connectivity index (χ0) is 15.4. The molecule has 1 aromatic carbocycles. The van der Waals surface area contributed by atoms with Crippen LogP contribution in [0.4, 0.5) is 0 Å². The summed E-state index contributed by atoms with van der Waals surface area (Å²) in [5, 5.41) is 0. The summed E-state index contributed by atoms with van der Waals surface area (Å²) >= 11 is 1.95. The van der Waals surface area contributed by atoms with Gasteiger partial charge in [-0.15, -0.1) is 0 Å². The lowest BCUT2D eigenvalue weighted by molar-refractivity contribution is 0.0970. The minimum atomic E-state index is -0.192. The fourth-order valence-electron chi connectivity index (χ4n) is 1.81. The standard InChI is InChI=1S/C15H15IN2O3/c1-3-21-12-6-4-11(5-7-12)13(19)8-18-9-17-10(2)14(16)15(18)20/h4-7,9H,3,8H2,1-2H3. The summed E-state index contributed by atoms with van der Waals surface area (Å²) in [6.07, 6.45) is 1.41. The quantitative estimate of drug-likeness (QED) is 0.574. The summed E-state index contributed by atoms with van der Waals surface area (Å²) in [7, 11) is 0. The molecule has 1 aromatic heterocycles. The first-order chi connectivity index (χ1) is 10.0. The molecule has 0 saturated carbocycles. The van der Waals surface area contributed by atoms with Crippen molar-refractivity contribution in [3.63, 3.8) is 0 Å². The van der Waals surface area contributed by atoms with Gasteiger partial charge in [-0.05, 0) is 60.7 Å². The summed E-state index contributed by atoms with van der Waals surface area (Å²) < 4.78 is 7.19. The van der Waals surface area contributed by atoms with Crippen LogP contribution in [0.25, 0.3) is 0 Å². The molecule has 6 heteroatoms. The van der Waals surface area contributed by atoms with Gasteiger partial charge < -0.3 is 4.74 Å². The zero-order valence-electron chi connectivity index (χ0n) is 11.8. The van der Waals surface area contributed by atoms with Crippen LogP contribution < -0.4 is 10.3 Å². The van der Waals surface area contributed by atoms with Gasteiger partial charge in [0.15, 0.2) is 5.78 Å². The van der Waals surface area contributed by atoms with Crippen molar-refractivity contribution >= 4 is 28.4 Å². The van der Waals surface area contributed by atoms with E-state index in [4.69, 9.17) is 4.74 Å². The molecule has 2 rings (SSSR count). The van der Waals surface area contributed by atoms with Crippen LogP contribution in [0.5, 0.6) is 5.75 Å². The number of benzene rings is 1. The Morgan fingerprint density at radius 1 is 1.33 bits per heavy atom. The summed E-state index contributed by atoms with van der Waals surface area (Å²) in [4.78, 5) is 28.3. The van der Waals surface area contributed by atoms with Gasteiger partial charge in [0, 0.05) is 5.56 Å². The van der Waals surface area contributed by atoms with Crippen molar-refractivity contribution < 1.29 is 9.53 Å². The molecule has 5 nitrogen and oxygen atoms in total. The van der Waals surface area contributed by atoms with Crippen molar-refractivity contribution in [1.29, 1.82) is 0 Å². The van der Waals surface area contributed by atoms with E-state index < -0.39 is 0 Å². The minimum Gasteiger partial charge on any atom is -0.494 e. The normalized spacial score (nSPS) is 10.4. The molecule has 0 amide bonds. The van der Waals surface area contributed by atoms with Crippen LogP contribution in [0, 0.1) is 10.5 Å². The molecule has 0 aliphatic rings. The summed E-state index contributed by atoms with van der Waals surface area (Å²) in [6.45, 7) is 4.23. The molecule has 0 bridgehead atoms. The van der Waals surface area contributed by atoms with Crippen molar-refractivity contribution in [1.82, 2.24) is 9.55 Å². The fourth-order valence-corrected chi connectivity index (χ4v) is 2.26. The minimum absolute atomic E-state index is 0.0178. The Hall–Kier alpha value is -1.70. The first-order valence-corrected chi connectivity index (χ1v) is 7.58. The molecule has 0 saturated heterocycles. The lowest BCUT2D eigenvalue weighted by atomic mass is 10.1. The van der Waals surface area contributed by atoms with Crippen LogP contribution in [0.3, 0.4) is 0 Å². The molecule has 0 atom stereocenters. The third-order valence-corrected chi connectivity index (χ3v) is 4.20. The molecule has 21 heavy (non-hydrogen) atoms. The number of rotatable bonds is 5. The number of halogens is 1. The highest BCUT2D eigenvalue weighted by molar-refractivity contribution is 14.1. The van der Waals surface area contributed by atoms with Gasteiger partial charge in [0.1, 0.15) is 5.75 Å². The predicted octanol–water partition coefficient (Wildman–Crippen LogP) is 2.44. The second kappa shape index (κ2) is 6.84. The number of nitrogens with zero attached hydrogens (tertiary/aromatic N) is 2. The van der Waals surface area contributed by atoms with Crippen LogP contribution in [0.15, 0.2) is 35.4 Å². The Bertz CT molecular complexity index is 708. The summed E-state index contributed by atoms with van der Waals surface area (Å²) in [5.41, 5.74) is 1.02. The molecular formula is C15H15IN2O3. The highest BCUT2D eigenvalue weighted by Crippen LogP contribution is 2.13. The van der Waals surface area contributed by atoms with E-state index in [-0.39, 0.29) is 17.9 Å². The molecule has 2 aromatic rings. The predicted molar refractivity (Wildman–Crippen MR) is 87.9 cm³/mol. The van der Waals surface area contributed by atoms with E-state index in [2.05, 4.69) is 4.98 Å². The number of Topliss-reactive ketones (excluding diaryl/α,β-unsaturated/α-hetero) is 1. The van der Waals surface area contributed by atoms with E-state index in [1.165, 1.54) is 10.9 Å². The monoisotopic (exact) mass is 398 g/mol. The topological polar surface area (TPSA) is 61.2 Å². The van der Waals surface area contributed by atoms with Crippen molar-refractivity contribution in [2.75, 3.05) is 6.61 Å². The SMILES string of the molecule is CCOc1ccc(C(=O)Cn2cnc(C)c(I)c2=O)cc1. The molecule has 0 fully saturated rings. The van der Waals surface area contributed by atoms with E-state index in [9.17, 15) is 9.59 Å². The number of ketones is 1. The molecule has 110 valence electrons. The Morgan fingerprint density at radius 2 is 2.00 bits per heavy atom. The lowest BCUT2D eigenvalue weighted by Crippen LogP contribution is -2.27. The van der Waals surface area contributed by atoms with Crippen LogP contribution >= 0.6 is 22.6 Å². The van der Waals surface area contributed by atoms with E-state index in [1.807, 2.05) is 29.5 Å². The molecule has 0 aliphatic heterocycles. The Balaban J connectivity index is 2.18. The maximum absolute atomic E-state index is 12.2. The summed E-state index contributed by atoms with van der Waals surface area (Å²) in [5.74, 6) is 0.583. The number of aryl methyl sites for hydroxylation is 1. The fraction of sp³-hybridized carbons (Fsp3) is 0.267. The van der Waals surface area contributed by atoms with Crippen LogP contribution in [0.1, 0.15) is 23.0 Å². The number of hydrogen-bond donors (Lipinski definition) is 0. The van der Waals surface area contributed by atoms with Gasteiger partial charge in [0.25, 0.3) is 5.56 Å². The van der Waals surface area contributed by atoms with Gasteiger partial charge in [-0.3, -0.25) is 14.2 Å². The van der Waals surface area contributed by atoms with Crippen molar-refractivity contribution in [2.45, 2.75) is 20.4 Å².